The minimum Gasteiger partial charge on any atom is -0.481 e. The Morgan fingerprint density at radius 2 is 2.46 bits per heavy atom. The third kappa shape index (κ3) is 1.61. The van der Waals surface area contributed by atoms with Gasteiger partial charge in [0.1, 0.15) is 0 Å². The summed E-state index contributed by atoms with van der Waals surface area (Å²) in [5, 5.41) is 8.75. The standard InChI is InChI=1S/C10H12O2S/c1-2-6-3-4-9(13-6)7-5-8(7)10(11)12/h3-4,7-8H,2,5H2,1H3,(H,11,12). The number of hydrogen-bond acceptors (Lipinski definition) is 2. The second-order valence-electron chi connectivity index (χ2n) is 3.44. The van der Waals surface area contributed by atoms with Gasteiger partial charge in [-0.25, -0.2) is 0 Å². The van der Waals surface area contributed by atoms with Crippen LogP contribution in [-0.4, -0.2) is 11.1 Å². The third-order valence-electron chi connectivity index (χ3n) is 2.50. The van der Waals surface area contributed by atoms with E-state index in [0.29, 0.717) is 5.92 Å². The summed E-state index contributed by atoms with van der Waals surface area (Å²) in [6.07, 6.45) is 1.88. The van der Waals surface area contributed by atoms with E-state index in [2.05, 4.69) is 19.1 Å². The Hall–Kier alpha value is -0.830. The lowest BCUT2D eigenvalue weighted by atomic mass is 10.2. The SMILES string of the molecule is CCc1ccc(C2CC2C(=O)O)s1. The van der Waals surface area contributed by atoms with Gasteiger partial charge in [-0.05, 0) is 25.0 Å². The summed E-state index contributed by atoms with van der Waals surface area (Å²) < 4.78 is 0. The maximum atomic E-state index is 10.6. The molecule has 13 heavy (non-hydrogen) atoms. The Labute approximate surface area is 81.2 Å². The second kappa shape index (κ2) is 3.14. The van der Waals surface area contributed by atoms with Gasteiger partial charge in [-0.2, -0.15) is 0 Å². The zero-order valence-corrected chi connectivity index (χ0v) is 8.30. The second-order valence-corrected chi connectivity index (χ2v) is 4.64. The van der Waals surface area contributed by atoms with Gasteiger partial charge in [-0.15, -0.1) is 11.3 Å². The molecule has 1 aliphatic rings. The number of thiophene rings is 1. The van der Waals surface area contributed by atoms with Crippen molar-refractivity contribution in [1.82, 2.24) is 0 Å². The number of carbonyl (C=O) groups is 1. The van der Waals surface area contributed by atoms with E-state index in [1.807, 2.05) is 0 Å². The van der Waals surface area contributed by atoms with Crippen molar-refractivity contribution in [2.24, 2.45) is 5.92 Å². The number of carboxylic acids is 1. The highest BCUT2D eigenvalue weighted by molar-refractivity contribution is 7.12. The summed E-state index contributed by atoms with van der Waals surface area (Å²) in [5.74, 6) is -0.442. The quantitative estimate of drug-likeness (QED) is 0.806. The van der Waals surface area contributed by atoms with E-state index < -0.39 is 5.97 Å². The van der Waals surface area contributed by atoms with Gasteiger partial charge in [0, 0.05) is 15.7 Å². The summed E-state index contributed by atoms with van der Waals surface area (Å²) in [5.41, 5.74) is 0. The predicted molar refractivity (Wildman–Crippen MR) is 52.2 cm³/mol. The van der Waals surface area contributed by atoms with Crippen LogP contribution in [0.2, 0.25) is 0 Å². The highest BCUT2D eigenvalue weighted by Gasteiger charge is 2.44. The van der Waals surface area contributed by atoms with E-state index in [9.17, 15) is 4.79 Å². The molecule has 3 heteroatoms. The molecule has 0 radical (unpaired) electrons. The average Bonchev–Trinajstić information content (AvgIpc) is 2.78. The Morgan fingerprint density at radius 3 is 2.92 bits per heavy atom. The number of rotatable bonds is 3. The van der Waals surface area contributed by atoms with E-state index in [-0.39, 0.29) is 5.92 Å². The van der Waals surface area contributed by atoms with Crippen molar-refractivity contribution >= 4 is 17.3 Å². The average molecular weight is 196 g/mol. The summed E-state index contributed by atoms with van der Waals surface area (Å²) in [6, 6.07) is 4.19. The molecule has 0 saturated heterocycles. The molecule has 0 amide bonds. The van der Waals surface area contributed by atoms with Gasteiger partial charge in [0.05, 0.1) is 5.92 Å². The monoisotopic (exact) mass is 196 g/mol. The first-order chi connectivity index (χ1) is 6.22. The van der Waals surface area contributed by atoms with E-state index in [4.69, 9.17) is 5.11 Å². The van der Waals surface area contributed by atoms with Crippen LogP contribution in [0.3, 0.4) is 0 Å². The first kappa shape index (κ1) is 8.75. The smallest absolute Gasteiger partial charge is 0.307 e. The Morgan fingerprint density at radius 1 is 1.69 bits per heavy atom. The Balaban J connectivity index is 2.07. The third-order valence-corrected chi connectivity index (χ3v) is 3.87. The summed E-state index contributed by atoms with van der Waals surface area (Å²) >= 11 is 1.76. The fourth-order valence-electron chi connectivity index (χ4n) is 1.57. The molecular weight excluding hydrogens is 184 g/mol. The minimum atomic E-state index is -0.642. The Bertz CT molecular complexity index is 329. The minimum absolute atomic E-state index is 0.108. The van der Waals surface area contributed by atoms with Crippen molar-refractivity contribution in [2.45, 2.75) is 25.7 Å². The zero-order valence-electron chi connectivity index (χ0n) is 7.49. The van der Waals surface area contributed by atoms with Crippen molar-refractivity contribution in [3.05, 3.63) is 21.9 Å². The molecule has 1 aliphatic carbocycles. The van der Waals surface area contributed by atoms with Crippen LogP contribution in [0.5, 0.6) is 0 Å². The van der Waals surface area contributed by atoms with E-state index in [1.54, 1.807) is 11.3 Å². The maximum Gasteiger partial charge on any atom is 0.307 e. The molecule has 1 N–H and O–H groups in total. The van der Waals surface area contributed by atoms with Crippen molar-refractivity contribution in [3.8, 4) is 0 Å². The first-order valence-corrected chi connectivity index (χ1v) is 5.35. The number of aliphatic carboxylic acids is 1. The molecule has 1 saturated carbocycles. The Kier molecular flexibility index (Phi) is 2.12. The largest absolute Gasteiger partial charge is 0.481 e. The molecule has 1 fully saturated rings. The summed E-state index contributed by atoms with van der Waals surface area (Å²) in [4.78, 5) is 13.2. The van der Waals surface area contributed by atoms with Gasteiger partial charge < -0.3 is 5.11 Å². The maximum absolute atomic E-state index is 10.6. The number of hydrogen-bond donors (Lipinski definition) is 1. The zero-order chi connectivity index (χ0) is 9.42. The molecule has 1 aromatic heterocycles. The summed E-state index contributed by atoms with van der Waals surface area (Å²) in [7, 11) is 0. The number of aryl methyl sites for hydroxylation is 1. The molecule has 0 bridgehead atoms. The number of carboxylic acid groups (broad SMARTS) is 1. The van der Waals surface area contributed by atoms with Crippen LogP contribution in [0.25, 0.3) is 0 Å². The molecule has 0 aromatic carbocycles. The van der Waals surface area contributed by atoms with Gasteiger partial charge in [-0.3, -0.25) is 4.79 Å². The lowest BCUT2D eigenvalue weighted by Gasteiger charge is -1.90. The van der Waals surface area contributed by atoms with Crippen LogP contribution in [0.15, 0.2) is 12.1 Å². The fraction of sp³-hybridized carbons (Fsp3) is 0.500. The van der Waals surface area contributed by atoms with Crippen LogP contribution in [0.1, 0.15) is 29.0 Å². The first-order valence-electron chi connectivity index (χ1n) is 4.53. The van der Waals surface area contributed by atoms with Gasteiger partial charge in [0.2, 0.25) is 0 Å². The van der Waals surface area contributed by atoms with Crippen molar-refractivity contribution in [1.29, 1.82) is 0 Å². The van der Waals surface area contributed by atoms with Crippen molar-refractivity contribution in [3.63, 3.8) is 0 Å². The van der Waals surface area contributed by atoms with Gasteiger partial charge in [0.25, 0.3) is 0 Å². The fourth-order valence-corrected chi connectivity index (χ4v) is 2.70. The molecule has 1 aromatic rings. The molecule has 1 heterocycles. The lowest BCUT2D eigenvalue weighted by molar-refractivity contribution is -0.138. The highest BCUT2D eigenvalue weighted by atomic mass is 32.1. The van der Waals surface area contributed by atoms with Gasteiger partial charge in [0.15, 0.2) is 0 Å². The van der Waals surface area contributed by atoms with Gasteiger partial charge in [-0.1, -0.05) is 6.92 Å². The van der Waals surface area contributed by atoms with Gasteiger partial charge >= 0.3 is 5.97 Å². The molecule has 0 aliphatic heterocycles. The van der Waals surface area contributed by atoms with Crippen molar-refractivity contribution < 1.29 is 9.90 Å². The molecule has 70 valence electrons. The lowest BCUT2D eigenvalue weighted by Crippen LogP contribution is -1.97. The highest BCUT2D eigenvalue weighted by Crippen LogP contribution is 2.49. The molecular formula is C10H12O2S. The molecule has 2 atom stereocenters. The van der Waals surface area contributed by atoms with E-state index in [0.717, 1.165) is 12.8 Å². The van der Waals surface area contributed by atoms with Crippen LogP contribution in [-0.2, 0) is 11.2 Å². The molecule has 2 rings (SSSR count). The van der Waals surface area contributed by atoms with E-state index in [1.165, 1.54) is 9.75 Å². The summed E-state index contributed by atoms with van der Waals surface area (Å²) in [6.45, 7) is 2.12. The molecule has 2 nitrogen and oxygen atoms in total. The topological polar surface area (TPSA) is 37.3 Å². The molecule has 0 spiro atoms. The predicted octanol–water partition coefficient (Wildman–Crippen LogP) is 2.50. The molecule has 2 unspecified atom stereocenters. The van der Waals surface area contributed by atoms with Crippen LogP contribution < -0.4 is 0 Å². The van der Waals surface area contributed by atoms with Crippen LogP contribution in [0.4, 0.5) is 0 Å². The van der Waals surface area contributed by atoms with Crippen molar-refractivity contribution in [2.75, 3.05) is 0 Å². The van der Waals surface area contributed by atoms with E-state index >= 15 is 0 Å². The van der Waals surface area contributed by atoms with Crippen LogP contribution in [0, 0.1) is 5.92 Å². The normalized spacial score (nSPS) is 25.9. The van der Waals surface area contributed by atoms with Crippen LogP contribution >= 0.6 is 11.3 Å².